The van der Waals surface area contributed by atoms with Gasteiger partial charge in [-0.2, -0.15) is 0 Å². The molecule has 1 saturated heterocycles. The first-order valence-corrected chi connectivity index (χ1v) is 7.66. The standard InChI is InChI=1S/C17H26N2O.ClH/c1-13-3-5-15(6-4-13)7-8-16-9-11-19(12-10-16)17(20)14(2)18;/h3-6,14,16H,7-12,18H2,1-2H3;1H/t14-;/m0./s1. The van der Waals surface area contributed by atoms with E-state index in [2.05, 4.69) is 31.2 Å². The monoisotopic (exact) mass is 310 g/mol. The third-order valence-electron chi connectivity index (χ3n) is 4.28. The van der Waals surface area contributed by atoms with Gasteiger partial charge in [-0.05, 0) is 51.0 Å². The van der Waals surface area contributed by atoms with Crippen molar-refractivity contribution >= 4 is 18.3 Å². The van der Waals surface area contributed by atoms with E-state index in [0.29, 0.717) is 0 Å². The first-order valence-electron chi connectivity index (χ1n) is 7.66. The molecule has 1 fully saturated rings. The van der Waals surface area contributed by atoms with Gasteiger partial charge in [0.1, 0.15) is 0 Å². The SMILES string of the molecule is Cc1ccc(CCC2CCN(C(=O)[C@H](C)N)CC2)cc1.Cl. The molecule has 1 aliphatic heterocycles. The number of aryl methyl sites for hydroxylation is 2. The Morgan fingerprint density at radius 1 is 1.29 bits per heavy atom. The molecule has 1 aliphatic rings. The lowest BCUT2D eigenvalue weighted by atomic mass is 9.90. The second-order valence-corrected chi connectivity index (χ2v) is 6.08. The Morgan fingerprint density at radius 2 is 1.86 bits per heavy atom. The van der Waals surface area contributed by atoms with Crippen molar-refractivity contribution in [1.82, 2.24) is 4.90 Å². The molecule has 0 radical (unpaired) electrons. The number of halogens is 1. The van der Waals surface area contributed by atoms with E-state index in [1.807, 2.05) is 4.90 Å². The van der Waals surface area contributed by atoms with Crippen LogP contribution >= 0.6 is 12.4 Å². The van der Waals surface area contributed by atoms with Crippen molar-refractivity contribution in [1.29, 1.82) is 0 Å². The molecule has 0 bridgehead atoms. The molecule has 1 heterocycles. The highest BCUT2D eigenvalue weighted by atomic mass is 35.5. The van der Waals surface area contributed by atoms with E-state index < -0.39 is 0 Å². The Balaban J connectivity index is 0.00000220. The van der Waals surface area contributed by atoms with Crippen LogP contribution in [-0.2, 0) is 11.2 Å². The van der Waals surface area contributed by atoms with Gasteiger partial charge in [0.2, 0.25) is 5.91 Å². The van der Waals surface area contributed by atoms with E-state index >= 15 is 0 Å². The van der Waals surface area contributed by atoms with Crippen LogP contribution in [0.1, 0.15) is 37.3 Å². The molecular weight excluding hydrogens is 284 g/mol. The number of piperidine rings is 1. The van der Waals surface area contributed by atoms with Gasteiger partial charge in [0, 0.05) is 13.1 Å². The quantitative estimate of drug-likeness (QED) is 0.929. The van der Waals surface area contributed by atoms with Crippen molar-refractivity contribution < 1.29 is 4.79 Å². The summed E-state index contributed by atoms with van der Waals surface area (Å²) in [6.45, 7) is 5.64. The summed E-state index contributed by atoms with van der Waals surface area (Å²) in [4.78, 5) is 13.7. The van der Waals surface area contributed by atoms with Crippen LogP contribution in [0.3, 0.4) is 0 Å². The maximum atomic E-state index is 11.8. The molecule has 0 spiro atoms. The number of likely N-dealkylation sites (tertiary alicyclic amines) is 1. The van der Waals surface area contributed by atoms with Crippen LogP contribution in [0.15, 0.2) is 24.3 Å². The van der Waals surface area contributed by atoms with Gasteiger partial charge in [-0.3, -0.25) is 4.79 Å². The second-order valence-electron chi connectivity index (χ2n) is 6.08. The highest BCUT2D eigenvalue weighted by Gasteiger charge is 2.24. The smallest absolute Gasteiger partial charge is 0.239 e. The normalized spacial score (nSPS) is 17.2. The summed E-state index contributed by atoms with van der Waals surface area (Å²) >= 11 is 0. The van der Waals surface area contributed by atoms with E-state index in [9.17, 15) is 4.79 Å². The maximum Gasteiger partial charge on any atom is 0.239 e. The van der Waals surface area contributed by atoms with Crippen molar-refractivity contribution in [2.45, 2.75) is 45.6 Å². The summed E-state index contributed by atoms with van der Waals surface area (Å²) in [5, 5.41) is 0. The average Bonchev–Trinajstić information content (AvgIpc) is 2.46. The van der Waals surface area contributed by atoms with Gasteiger partial charge in [0.05, 0.1) is 6.04 Å². The number of hydrogen-bond donors (Lipinski definition) is 1. The number of carbonyl (C=O) groups is 1. The van der Waals surface area contributed by atoms with Crippen LogP contribution in [-0.4, -0.2) is 29.9 Å². The summed E-state index contributed by atoms with van der Waals surface area (Å²) in [7, 11) is 0. The second kappa shape index (κ2) is 8.40. The molecule has 21 heavy (non-hydrogen) atoms. The molecule has 0 aliphatic carbocycles. The number of benzene rings is 1. The molecule has 3 nitrogen and oxygen atoms in total. The number of hydrogen-bond acceptors (Lipinski definition) is 2. The third kappa shape index (κ3) is 5.33. The Kier molecular flexibility index (Phi) is 7.20. The van der Waals surface area contributed by atoms with Gasteiger partial charge >= 0.3 is 0 Å². The Labute approximate surface area is 134 Å². The predicted octanol–water partition coefficient (Wildman–Crippen LogP) is 2.94. The molecule has 2 rings (SSSR count). The molecule has 118 valence electrons. The lowest BCUT2D eigenvalue weighted by molar-refractivity contribution is -0.133. The molecule has 0 aromatic heterocycles. The molecule has 1 aromatic rings. The summed E-state index contributed by atoms with van der Waals surface area (Å²) in [5.74, 6) is 0.843. The van der Waals surface area contributed by atoms with Crippen molar-refractivity contribution in [2.24, 2.45) is 11.7 Å². The van der Waals surface area contributed by atoms with Crippen LogP contribution in [0.2, 0.25) is 0 Å². The number of rotatable bonds is 4. The van der Waals surface area contributed by atoms with E-state index in [-0.39, 0.29) is 24.4 Å². The minimum Gasteiger partial charge on any atom is -0.341 e. The zero-order valence-electron chi connectivity index (χ0n) is 13.0. The first-order chi connectivity index (χ1) is 9.56. The third-order valence-corrected chi connectivity index (χ3v) is 4.28. The van der Waals surface area contributed by atoms with E-state index in [0.717, 1.165) is 38.3 Å². The van der Waals surface area contributed by atoms with Crippen molar-refractivity contribution in [3.63, 3.8) is 0 Å². The Bertz CT molecular complexity index is 437. The lowest BCUT2D eigenvalue weighted by Gasteiger charge is -2.33. The number of nitrogens with two attached hydrogens (primary N) is 1. The lowest BCUT2D eigenvalue weighted by Crippen LogP contribution is -2.45. The maximum absolute atomic E-state index is 11.8. The molecule has 0 saturated carbocycles. The van der Waals surface area contributed by atoms with Crippen LogP contribution in [0.5, 0.6) is 0 Å². The number of nitrogens with zero attached hydrogens (tertiary/aromatic N) is 1. The Hall–Kier alpha value is -1.06. The fraction of sp³-hybridized carbons (Fsp3) is 0.588. The Morgan fingerprint density at radius 3 is 2.38 bits per heavy atom. The van der Waals surface area contributed by atoms with Gasteiger partial charge in [-0.1, -0.05) is 29.8 Å². The predicted molar refractivity (Wildman–Crippen MR) is 89.7 cm³/mol. The zero-order valence-corrected chi connectivity index (χ0v) is 13.9. The van der Waals surface area contributed by atoms with Crippen molar-refractivity contribution in [3.8, 4) is 0 Å². The largest absolute Gasteiger partial charge is 0.341 e. The molecule has 4 heteroatoms. The van der Waals surface area contributed by atoms with Crippen LogP contribution in [0.4, 0.5) is 0 Å². The van der Waals surface area contributed by atoms with Crippen molar-refractivity contribution in [2.75, 3.05) is 13.1 Å². The summed E-state index contributed by atoms with van der Waals surface area (Å²) in [6, 6.07) is 8.45. The molecule has 2 N–H and O–H groups in total. The van der Waals surface area contributed by atoms with Gasteiger partial charge in [0.15, 0.2) is 0 Å². The van der Waals surface area contributed by atoms with Crippen LogP contribution in [0.25, 0.3) is 0 Å². The van der Waals surface area contributed by atoms with Gasteiger partial charge < -0.3 is 10.6 Å². The summed E-state index contributed by atoms with van der Waals surface area (Å²) in [6.07, 6.45) is 4.60. The van der Waals surface area contributed by atoms with E-state index in [1.54, 1.807) is 6.92 Å². The highest BCUT2D eigenvalue weighted by molar-refractivity contribution is 5.85. The van der Waals surface area contributed by atoms with Gasteiger partial charge in [-0.15, -0.1) is 12.4 Å². The van der Waals surface area contributed by atoms with Crippen LogP contribution < -0.4 is 5.73 Å². The summed E-state index contributed by atoms with van der Waals surface area (Å²) < 4.78 is 0. The molecular formula is C17H27ClN2O. The highest BCUT2D eigenvalue weighted by Crippen LogP contribution is 2.22. The first kappa shape index (κ1) is 18.0. The minimum atomic E-state index is -0.362. The fourth-order valence-electron chi connectivity index (χ4n) is 2.86. The summed E-state index contributed by atoms with van der Waals surface area (Å²) in [5.41, 5.74) is 8.39. The van der Waals surface area contributed by atoms with Gasteiger partial charge in [-0.25, -0.2) is 0 Å². The minimum absolute atomic E-state index is 0. The van der Waals surface area contributed by atoms with E-state index in [4.69, 9.17) is 5.73 Å². The number of carbonyl (C=O) groups excluding carboxylic acids is 1. The molecule has 0 unspecified atom stereocenters. The number of amides is 1. The molecule has 1 atom stereocenters. The van der Waals surface area contributed by atoms with Gasteiger partial charge in [0.25, 0.3) is 0 Å². The zero-order chi connectivity index (χ0) is 14.5. The molecule has 1 aromatic carbocycles. The fourth-order valence-corrected chi connectivity index (χ4v) is 2.86. The van der Waals surface area contributed by atoms with E-state index in [1.165, 1.54) is 17.5 Å². The average molecular weight is 311 g/mol. The van der Waals surface area contributed by atoms with Crippen molar-refractivity contribution in [3.05, 3.63) is 35.4 Å². The topological polar surface area (TPSA) is 46.3 Å². The van der Waals surface area contributed by atoms with Crippen LogP contribution in [0, 0.1) is 12.8 Å². The molecule has 1 amide bonds.